The van der Waals surface area contributed by atoms with Crippen LogP contribution in [-0.4, -0.2) is 46.6 Å². The standard InChI is InChI=1S/C18H22ClN3O3S/c1-12-2-3-18(15(19)6-12)26(24,25)22-9-13-7-16(21-5-4-20-11-21)17(23)8-14(13)10-22/h2-6,11,13-14,16-17,23H,7-10H2,1H3/t13-,14+,16-,17-/m1/s1. The topological polar surface area (TPSA) is 75.4 Å². The lowest BCUT2D eigenvalue weighted by Gasteiger charge is -2.35. The van der Waals surface area contributed by atoms with E-state index in [0.29, 0.717) is 19.5 Å². The molecule has 2 aromatic rings. The van der Waals surface area contributed by atoms with E-state index < -0.39 is 16.1 Å². The van der Waals surface area contributed by atoms with Crippen LogP contribution in [0.4, 0.5) is 0 Å². The fourth-order valence-corrected chi connectivity index (χ4v) is 6.43. The molecule has 1 saturated heterocycles. The second-order valence-electron chi connectivity index (χ2n) is 7.39. The smallest absolute Gasteiger partial charge is 0.244 e. The van der Waals surface area contributed by atoms with Crippen molar-refractivity contribution in [3.05, 3.63) is 47.5 Å². The first-order chi connectivity index (χ1) is 12.4. The zero-order chi connectivity index (χ0) is 18.5. The second-order valence-corrected chi connectivity index (χ2v) is 9.71. The number of halogens is 1. The molecular formula is C18H22ClN3O3S. The lowest BCUT2D eigenvalue weighted by molar-refractivity contribution is 0.0358. The van der Waals surface area contributed by atoms with Gasteiger partial charge in [-0.05, 0) is 49.3 Å². The van der Waals surface area contributed by atoms with Crippen molar-refractivity contribution in [1.29, 1.82) is 0 Å². The normalized spacial score (nSPS) is 29.7. The summed E-state index contributed by atoms with van der Waals surface area (Å²) in [6, 6.07) is 4.97. The van der Waals surface area contributed by atoms with Gasteiger partial charge >= 0.3 is 0 Å². The molecule has 2 heterocycles. The molecule has 1 aliphatic carbocycles. The molecule has 1 aliphatic heterocycles. The number of aliphatic hydroxyl groups excluding tert-OH is 1. The van der Waals surface area contributed by atoms with Crippen molar-refractivity contribution in [3.8, 4) is 0 Å². The zero-order valence-corrected chi connectivity index (χ0v) is 16.1. The monoisotopic (exact) mass is 395 g/mol. The molecule has 0 radical (unpaired) electrons. The maximum atomic E-state index is 13.1. The van der Waals surface area contributed by atoms with Crippen LogP contribution >= 0.6 is 11.6 Å². The fourth-order valence-electron chi connectivity index (χ4n) is 4.30. The number of aliphatic hydroxyl groups is 1. The van der Waals surface area contributed by atoms with Crippen molar-refractivity contribution in [2.75, 3.05) is 13.1 Å². The third-order valence-corrected chi connectivity index (χ3v) is 8.00. The van der Waals surface area contributed by atoms with E-state index in [0.717, 1.165) is 12.0 Å². The fraction of sp³-hybridized carbons (Fsp3) is 0.500. The molecule has 0 spiro atoms. The summed E-state index contributed by atoms with van der Waals surface area (Å²) < 4.78 is 29.6. The molecule has 6 nitrogen and oxygen atoms in total. The molecule has 0 unspecified atom stereocenters. The lowest BCUT2D eigenvalue weighted by atomic mass is 9.77. The van der Waals surface area contributed by atoms with Crippen LogP contribution < -0.4 is 0 Å². The Labute approximate surface area is 158 Å². The SMILES string of the molecule is Cc1ccc(S(=O)(=O)N2C[C@H]3C[C@@H](n4ccnc4)[C@H](O)C[C@H]3C2)c(Cl)c1. The number of imidazole rings is 1. The van der Waals surface area contributed by atoms with Gasteiger partial charge in [0.15, 0.2) is 0 Å². The van der Waals surface area contributed by atoms with E-state index in [9.17, 15) is 13.5 Å². The number of aryl methyl sites for hydroxylation is 1. The van der Waals surface area contributed by atoms with Crippen LogP contribution in [0.25, 0.3) is 0 Å². The molecule has 8 heteroatoms. The van der Waals surface area contributed by atoms with E-state index >= 15 is 0 Å². The van der Waals surface area contributed by atoms with Crippen LogP contribution in [0.2, 0.25) is 5.02 Å². The van der Waals surface area contributed by atoms with Crippen LogP contribution in [0.1, 0.15) is 24.4 Å². The van der Waals surface area contributed by atoms with Gasteiger partial charge in [0.05, 0.1) is 23.5 Å². The molecule has 1 aromatic carbocycles. The summed E-state index contributed by atoms with van der Waals surface area (Å²) in [5.74, 6) is 0.397. The third kappa shape index (κ3) is 3.07. The molecule has 1 saturated carbocycles. The molecular weight excluding hydrogens is 374 g/mol. The minimum atomic E-state index is -3.63. The van der Waals surface area contributed by atoms with Crippen LogP contribution in [0.5, 0.6) is 0 Å². The average Bonchev–Trinajstić information content (AvgIpc) is 3.22. The summed E-state index contributed by atoms with van der Waals surface area (Å²) in [7, 11) is -3.63. The highest BCUT2D eigenvalue weighted by Gasteiger charge is 2.45. The van der Waals surface area contributed by atoms with Crippen molar-refractivity contribution in [1.82, 2.24) is 13.9 Å². The Morgan fingerprint density at radius 3 is 2.62 bits per heavy atom. The molecule has 0 bridgehead atoms. The Kier molecular flexibility index (Phi) is 4.59. The van der Waals surface area contributed by atoms with E-state index in [-0.39, 0.29) is 27.8 Å². The molecule has 4 atom stereocenters. The number of benzene rings is 1. The summed E-state index contributed by atoms with van der Waals surface area (Å²) in [5, 5.41) is 10.8. The minimum absolute atomic E-state index is 0.0515. The maximum Gasteiger partial charge on any atom is 0.244 e. The van der Waals surface area contributed by atoms with E-state index in [1.54, 1.807) is 30.7 Å². The van der Waals surface area contributed by atoms with Gasteiger partial charge in [-0.1, -0.05) is 17.7 Å². The number of hydrogen-bond donors (Lipinski definition) is 1. The molecule has 4 rings (SSSR count). The quantitative estimate of drug-likeness (QED) is 0.866. The molecule has 2 aliphatic rings. The molecule has 1 N–H and O–H groups in total. The van der Waals surface area contributed by atoms with Crippen LogP contribution in [-0.2, 0) is 10.0 Å². The zero-order valence-electron chi connectivity index (χ0n) is 14.5. The van der Waals surface area contributed by atoms with Crippen molar-refractivity contribution in [2.24, 2.45) is 11.8 Å². The van der Waals surface area contributed by atoms with Gasteiger partial charge in [0.1, 0.15) is 4.90 Å². The van der Waals surface area contributed by atoms with Gasteiger partial charge in [-0.15, -0.1) is 0 Å². The van der Waals surface area contributed by atoms with Gasteiger partial charge in [-0.3, -0.25) is 0 Å². The average molecular weight is 396 g/mol. The lowest BCUT2D eigenvalue weighted by Crippen LogP contribution is -2.35. The van der Waals surface area contributed by atoms with Gasteiger partial charge < -0.3 is 9.67 Å². The number of nitrogens with zero attached hydrogens (tertiary/aromatic N) is 3. The van der Waals surface area contributed by atoms with Crippen LogP contribution in [0.3, 0.4) is 0 Å². The number of sulfonamides is 1. The maximum absolute atomic E-state index is 13.1. The number of fused-ring (bicyclic) bond motifs is 1. The van der Waals surface area contributed by atoms with Crippen LogP contribution in [0, 0.1) is 18.8 Å². The van der Waals surface area contributed by atoms with Crippen molar-refractivity contribution in [2.45, 2.75) is 36.8 Å². The molecule has 1 aromatic heterocycles. The summed E-state index contributed by atoms with van der Waals surface area (Å²) in [5.41, 5.74) is 0.926. The van der Waals surface area contributed by atoms with Gasteiger partial charge in [0.2, 0.25) is 10.0 Å². The van der Waals surface area contributed by atoms with Crippen molar-refractivity contribution in [3.63, 3.8) is 0 Å². The summed E-state index contributed by atoms with van der Waals surface area (Å²) in [4.78, 5) is 4.22. The van der Waals surface area contributed by atoms with E-state index in [4.69, 9.17) is 11.6 Å². The van der Waals surface area contributed by atoms with E-state index in [1.165, 1.54) is 4.31 Å². The number of hydrogen-bond acceptors (Lipinski definition) is 4. The largest absolute Gasteiger partial charge is 0.391 e. The number of rotatable bonds is 3. The molecule has 26 heavy (non-hydrogen) atoms. The Balaban J connectivity index is 1.56. The van der Waals surface area contributed by atoms with Crippen LogP contribution in [0.15, 0.2) is 41.8 Å². The first-order valence-corrected chi connectivity index (χ1v) is 10.6. The van der Waals surface area contributed by atoms with Crippen molar-refractivity contribution < 1.29 is 13.5 Å². The first kappa shape index (κ1) is 18.0. The summed E-state index contributed by atoms with van der Waals surface area (Å²) in [6.45, 7) is 2.78. The van der Waals surface area contributed by atoms with Gasteiger partial charge in [-0.25, -0.2) is 13.4 Å². The highest BCUT2D eigenvalue weighted by atomic mass is 35.5. The molecule has 0 amide bonds. The minimum Gasteiger partial charge on any atom is -0.391 e. The van der Waals surface area contributed by atoms with E-state index in [1.807, 2.05) is 17.7 Å². The first-order valence-electron chi connectivity index (χ1n) is 8.78. The predicted octanol–water partition coefficient (Wildman–Crippen LogP) is 2.48. The third-order valence-electron chi connectivity index (χ3n) is 5.69. The van der Waals surface area contributed by atoms with E-state index in [2.05, 4.69) is 4.98 Å². The summed E-state index contributed by atoms with van der Waals surface area (Å²) in [6.07, 6.45) is 6.12. The Bertz CT molecular complexity index is 900. The molecule has 2 fully saturated rings. The second kappa shape index (κ2) is 6.64. The summed E-state index contributed by atoms with van der Waals surface area (Å²) >= 11 is 6.20. The highest BCUT2D eigenvalue weighted by molar-refractivity contribution is 7.89. The van der Waals surface area contributed by atoms with Gasteiger partial charge in [0, 0.05) is 25.5 Å². The number of aromatic nitrogens is 2. The van der Waals surface area contributed by atoms with Gasteiger partial charge in [0.25, 0.3) is 0 Å². The predicted molar refractivity (Wildman–Crippen MR) is 98.4 cm³/mol. The Morgan fingerprint density at radius 2 is 1.96 bits per heavy atom. The molecule has 140 valence electrons. The highest BCUT2D eigenvalue weighted by Crippen LogP contribution is 2.43. The Hall–Kier alpha value is -1.41. The van der Waals surface area contributed by atoms with Crippen molar-refractivity contribution >= 4 is 21.6 Å². The Morgan fingerprint density at radius 1 is 1.23 bits per heavy atom. The van der Waals surface area contributed by atoms with Gasteiger partial charge in [-0.2, -0.15) is 4.31 Å².